The van der Waals surface area contributed by atoms with Crippen LogP contribution in [0.3, 0.4) is 0 Å². The SMILES string of the molecule is CS(=O)(=O)c1cccc(OCCCOc2ccc(F)cc2)c1. The lowest BCUT2D eigenvalue weighted by Gasteiger charge is -2.09. The number of sulfone groups is 1. The third-order valence-electron chi connectivity index (χ3n) is 2.87. The first-order chi connectivity index (χ1) is 10.4. The zero-order valence-electron chi connectivity index (χ0n) is 12.2. The Morgan fingerprint density at radius 1 is 0.955 bits per heavy atom. The van der Waals surface area contributed by atoms with Gasteiger partial charge in [-0.1, -0.05) is 6.07 Å². The first-order valence-corrected chi connectivity index (χ1v) is 8.65. The van der Waals surface area contributed by atoms with E-state index in [1.54, 1.807) is 24.3 Å². The van der Waals surface area contributed by atoms with Gasteiger partial charge in [-0.3, -0.25) is 0 Å². The summed E-state index contributed by atoms with van der Waals surface area (Å²) in [6.45, 7) is 0.825. The summed E-state index contributed by atoms with van der Waals surface area (Å²) in [6, 6.07) is 12.2. The van der Waals surface area contributed by atoms with Gasteiger partial charge in [-0.25, -0.2) is 12.8 Å². The lowest BCUT2D eigenvalue weighted by molar-refractivity contribution is 0.247. The van der Waals surface area contributed by atoms with Crippen LogP contribution in [-0.2, 0) is 9.84 Å². The molecular weight excluding hydrogens is 307 g/mol. The second-order valence-corrected chi connectivity index (χ2v) is 6.77. The van der Waals surface area contributed by atoms with Crippen LogP contribution < -0.4 is 9.47 Å². The molecule has 0 saturated heterocycles. The van der Waals surface area contributed by atoms with Crippen LogP contribution in [0.25, 0.3) is 0 Å². The van der Waals surface area contributed by atoms with Crippen molar-refractivity contribution in [3.05, 3.63) is 54.3 Å². The van der Waals surface area contributed by atoms with Gasteiger partial charge in [0, 0.05) is 12.7 Å². The van der Waals surface area contributed by atoms with E-state index in [4.69, 9.17) is 9.47 Å². The minimum Gasteiger partial charge on any atom is -0.493 e. The Hall–Kier alpha value is -2.08. The number of rotatable bonds is 7. The normalized spacial score (nSPS) is 11.2. The van der Waals surface area contributed by atoms with Crippen molar-refractivity contribution in [1.82, 2.24) is 0 Å². The molecule has 0 aliphatic heterocycles. The highest BCUT2D eigenvalue weighted by Gasteiger charge is 2.07. The van der Waals surface area contributed by atoms with E-state index in [0.717, 1.165) is 6.26 Å². The van der Waals surface area contributed by atoms with Crippen LogP contribution in [0.5, 0.6) is 11.5 Å². The van der Waals surface area contributed by atoms with E-state index >= 15 is 0 Å². The molecule has 0 aliphatic carbocycles. The summed E-state index contributed by atoms with van der Waals surface area (Å²) in [6.07, 6.45) is 1.78. The van der Waals surface area contributed by atoms with E-state index in [1.807, 2.05) is 0 Å². The molecule has 0 fully saturated rings. The van der Waals surface area contributed by atoms with Gasteiger partial charge in [-0.05, 0) is 42.5 Å². The van der Waals surface area contributed by atoms with E-state index in [9.17, 15) is 12.8 Å². The van der Waals surface area contributed by atoms with Gasteiger partial charge in [-0.2, -0.15) is 0 Å². The molecule has 0 spiro atoms. The average molecular weight is 324 g/mol. The zero-order chi connectivity index (χ0) is 16.0. The van der Waals surface area contributed by atoms with Crippen LogP contribution in [0, 0.1) is 5.82 Å². The molecule has 0 N–H and O–H groups in total. The van der Waals surface area contributed by atoms with Gasteiger partial charge >= 0.3 is 0 Å². The number of hydrogen-bond donors (Lipinski definition) is 0. The first-order valence-electron chi connectivity index (χ1n) is 6.76. The van der Waals surface area contributed by atoms with Crippen molar-refractivity contribution in [2.45, 2.75) is 11.3 Å². The second kappa shape index (κ2) is 7.26. The highest BCUT2D eigenvalue weighted by Crippen LogP contribution is 2.17. The predicted octanol–water partition coefficient (Wildman–Crippen LogP) is 3.08. The molecule has 2 aromatic carbocycles. The number of hydrogen-bond acceptors (Lipinski definition) is 4. The van der Waals surface area contributed by atoms with Gasteiger partial charge in [0.1, 0.15) is 17.3 Å². The Morgan fingerprint density at radius 3 is 2.23 bits per heavy atom. The van der Waals surface area contributed by atoms with E-state index < -0.39 is 9.84 Å². The number of benzene rings is 2. The van der Waals surface area contributed by atoms with Crippen molar-refractivity contribution in [2.24, 2.45) is 0 Å². The Morgan fingerprint density at radius 2 is 1.59 bits per heavy atom. The number of ether oxygens (including phenoxy) is 2. The lowest BCUT2D eigenvalue weighted by atomic mass is 10.3. The lowest BCUT2D eigenvalue weighted by Crippen LogP contribution is -2.05. The largest absolute Gasteiger partial charge is 0.493 e. The van der Waals surface area contributed by atoms with Crippen molar-refractivity contribution in [3.63, 3.8) is 0 Å². The second-order valence-electron chi connectivity index (χ2n) is 4.75. The molecule has 0 heterocycles. The monoisotopic (exact) mass is 324 g/mol. The fraction of sp³-hybridized carbons (Fsp3) is 0.250. The van der Waals surface area contributed by atoms with Crippen LogP contribution in [0.2, 0.25) is 0 Å². The van der Waals surface area contributed by atoms with Crippen molar-refractivity contribution in [1.29, 1.82) is 0 Å². The maximum absolute atomic E-state index is 12.7. The summed E-state index contributed by atoms with van der Waals surface area (Å²) in [5, 5.41) is 0. The standard InChI is InChI=1S/C16H17FO4S/c1-22(18,19)16-5-2-4-15(12-16)21-11-3-10-20-14-8-6-13(17)7-9-14/h2,4-9,12H,3,10-11H2,1H3. The summed E-state index contributed by atoms with van der Waals surface area (Å²) < 4.78 is 46.5. The van der Waals surface area contributed by atoms with Crippen molar-refractivity contribution >= 4 is 9.84 Å². The fourth-order valence-electron chi connectivity index (χ4n) is 1.76. The zero-order valence-corrected chi connectivity index (χ0v) is 13.0. The molecule has 0 aliphatic rings. The third-order valence-corrected chi connectivity index (χ3v) is 3.98. The molecule has 0 bridgehead atoms. The third kappa shape index (κ3) is 5.04. The van der Waals surface area contributed by atoms with Crippen molar-refractivity contribution in [2.75, 3.05) is 19.5 Å². The summed E-state index contributed by atoms with van der Waals surface area (Å²) in [7, 11) is -3.24. The molecule has 22 heavy (non-hydrogen) atoms. The molecule has 118 valence electrons. The Kier molecular flexibility index (Phi) is 5.38. The summed E-state index contributed by atoms with van der Waals surface area (Å²) in [4.78, 5) is 0.229. The van der Waals surface area contributed by atoms with Gasteiger partial charge in [-0.15, -0.1) is 0 Å². The van der Waals surface area contributed by atoms with Gasteiger partial charge in [0.25, 0.3) is 0 Å². The topological polar surface area (TPSA) is 52.6 Å². The molecule has 6 heteroatoms. The van der Waals surface area contributed by atoms with Gasteiger partial charge in [0.05, 0.1) is 18.1 Å². The molecule has 2 aromatic rings. The highest BCUT2D eigenvalue weighted by atomic mass is 32.2. The molecule has 4 nitrogen and oxygen atoms in total. The van der Waals surface area contributed by atoms with Crippen LogP contribution in [0.1, 0.15) is 6.42 Å². The maximum Gasteiger partial charge on any atom is 0.175 e. The van der Waals surface area contributed by atoms with Crippen molar-refractivity contribution in [3.8, 4) is 11.5 Å². The maximum atomic E-state index is 12.7. The van der Waals surface area contributed by atoms with Crippen LogP contribution in [0.4, 0.5) is 4.39 Å². The predicted molar refractivity (Wildman–Crippen MR) is 81.6 cm³/mol. The van der Waals surface area contributed by atoms with Gasteiger partial charge in [0.15, 0.2) is 9.84 Å². The molecule has 2 rings (SSSR count). The molecule has 0 amide bonds. The average Bonchev–Trinajstić information content (AvgIpc) is 2.48. The van der Waals surface area contributed by atoms with Gasteiger partial charge in [0.2, 0.25) is 0 Å². The van der Waals surface area contributed by atoms with E-state index in [-0.39, 0.29) is 10.7 Å². The summed E-state index contributed by atoms with van der Waals surface area (Å²) in [5.41, 5.74) is 0. The minimum atomic E-state index is -3.24. The molecular formula is C16H17FO4S. The Labute approximate surface area is 129 Å². The van der Waals surface area contributed by atoms with Crippen LogP contribution >= 0.6 is 0 Å². The summed E-state index contributed by atoms with van der Waals surface area (Å²) >= 11 is 0. The molecule has 0 aromatic heterocycles. The Balaban J connectivity index is 1.76. The fourth-order valence-corrected chi connectivity index (χ4v) is 2.42. The van der Waals surface area contributed by atoms with Crippen molar-refractivity contribution < 1.29 is 22.3 Å². The van der Waals surface area contributed by atoms with E-state index in [1.165, 1.54) is 24.3 Å². The van der Waals surface area contributed by atoms with Crippen LogP contribution in [-0.4, -0.2) is 27.9 Å². The quantitative estimate of drug-likeness (QED) is 0.735. The minimum absolute atomic E-state index is 0.229. The molecule has 0 saturated carbocycles. The summed E-state index contributed by atoms with van der Waals surface area (Å²) in [5.74, 6) is 0.798. The highest BCUT2D eigenvalue weighted by molar-refractivity contribution is 7.90. The van der Waals surface area contributed by atoms with Gasteiger partial charge < -0.3 is 9.47 Å². The Bertz CT molecular complexity index is 711. The molecule has 0 unspecified atom stereocenters. The molecule has 0 atom stereocenters. The number of halogens is 1. The molecule has 0 radical (unpaired) electrons. The van der Waals surface area contributed by atoms with Crippen LogP contribution in [0.15, 0.2) is 53.4 Å². The van der Waals surface area contributed by atoms with E-state index in [2.05, 4.69) is 0 Å². The first kappa shape index (κ1) is 16.3. The van der Waals surface area contributed by atoms with E-state index in [0.29, 0.717) is 31.1 Å². The smallest absolute Gasteiger partial charge is 0.175 e.